The highest BCUT2D eigenvalue weighted by Crippen LogP contribution is 2.28. The Labute approximate surface area is 220 Å². The number of nitrogens with one attached hydrogen (secondary N) is 1. The number of hydrogen-bond acceptors (Lipinski definition) is 3. The van der Waals surface area contributed by atoms with Gasteiger partial charge in [0.15, 0.2) is 6.61 Å². The van der Waals surface area contributed by atoms with E-state index in [2.05, 4.69) is 28.2 Å². The molecule has 1 aliphatic carbocycles. The molecule has 0 heterocycles. The second kappa shape index (κ2) is 12.8. The molecule has 0 spiro atoms. The maximum Gasteiger partial charge on any atom is 0.261 e. The van der Waals surface area contributed by atoms with Crippen LogP contribution in [0.5, 0.6) is 5.75 Å². The summed E-state index contributed by atoms with van der Waals surface area (Å²) in [6.07, 6.45) is 6.25. The molecule has 2 aromatic rings. The maximum atomic E-state index is 13.3. The normalized spacial score (nSPS) is 15.0. The van der Waals surface area contributed by atoms with Crippen LogP contribution in [-0.2, 0) is 22.6 Å². The van der Waals surface area contributed by atoms with Gasteiger partial charge in [0.05, 0.1) is 4.47 Å². The third kappa shape index (κ3) is 7.12. The summed E-state index contributed by atoms with van der Waals surface area (Å²) in [6.45, 7) is 3.69. The molecule has 184 valence electrons. The zero-order valence-electron chi connectivity index (χ0n) is 19.6. The van der Waals surface area contributed by atoms with Crippen LogP contribution in [0, 0.1) is 0 Å². The molecule has 34 heavy (non-hydrogen) atoms. The van der Waals surface area contributed by atoms with E-state index in [1.165, 1.54) is 11.3 Å². The number of amides is 2. The summed E-state index contributed by atoms with van der Waals surface area (Å²) in [7, 11) is 0. The van der Waals surface area contributed by atoms with E-state index in [0.29, 0.717) is 21.4 Å². The highest BCUT2D eigenvalue weighted by Gasteiger charge is 2.29. The molecule has 1 atom stereocenters. The lowest BCUT2D eigenvalue weighted by molar-refractivity contribution is -0.142. The second-order valence-electron chi connectivity index (χ2n) is 8.65. The smallest absolute Gasteiger partial charge is 0.261 e. The number of ether oxygens (including phenoxy) is 1. The molecule has 0 aliphatic heterocycles. The van der Waals surface area contributed by atoms with E-state index in [0.717, 1.165) is 42.1 Å². The van der Waals surface area contributed by atoms with Crippen molar-refractivity contribution in [2.75, 3.05) is 6.61 Å². The predicted molar refractivity (Wildman–Crippen MR) is 141 cm³/mol. The number of benzene rings is 2. The zero-order chi connectivity index (χ0) is 24.7. The maximum absolute atomic E-state index is 13.3. The minimum atomic E-state index is -0.712. The van der Waals surface area contributed by atoms with E-state index < -0.39 is 6.04 Å². The lowest BCUT2D eigenvalue weighted by Crippen LogP contribution is -2.51. The van der Waals surface area contributed by atoms with Gasteiger partial charge in [-0.2, -0.15) is 0 Å². The third-order valence-electron chi connectivity index (χ3n) is 6.26. The van der Waals surface area contributed by atoms with Crippen molar-refractivity contribution in [3.8, 4) is 5.75 Å². The number of rotatable bonds is 9. The molecule has 8 heteroatoms. The molecule has 0 unspecified atom stereocenters. The molecule has 2 amide bonds. The minimum absolute atomic E-state index is 0.107. The number of carbonyl (C=O) groups is 2. The van der Waals surface area contributed by atoms with Crippen molar-refractivity contribution in [1.82, 2.24) is 10.2 Å². The minimum Gasteiger partial charge on any atom is -0.483 e. The Morgan fingerprint density at radius 1 is 1.15 bits per heavy atom. The van der Waals surface area contributed by atoms with Crippen LogP contribution in [-0.4, -0.2) is 35.4 Å². The Hall–Kier alpha value is -1.76. The van der Waals surface area contributed by atoms with Gasteiger partial charge in [0, 0.05) is 28.2 Å². The van der Waals surface area contributed by atoms with Crippen LogP contribution in [0.3, 0.4) is 0 Å². The molecular formula is C26H31BrCl2N2O3. The first-order chi connectivity index (χ1) is 16.3. The summed E-state index contributed by atoms with van der Waals surface area (Å²) >= 11 is 16.3. The zero-order valence-corrected chi connectivity index (χ0v) is 22.7. The SMILES string of the molecule is CCc1ccc(OCC(=O)N(Cc2c(Cl)cccc2Cl)[C@@H](C)C(=O)NC2CCCCC2)c(Br)c1. The van der Waals surface area contributed by atoms with E-state index in [9.17, 15) is 9.59 Å². The van der Waals surface area contributed by atoms with Gasteiger partial charge in [0.1, 0.15) is 11.8 Å². The molecule has 0 saturated heterocycles. The van der Waals surface area contributed by atoms with Gasteiger partial charge < -0.3 is 15.0 Å². The van der Waals surface area contributed by atoms with Gasteiger partial charge in [-0.05, 0) is 71.9 Å². The van der Waals surface area contributed by atoms with Crippen LogP contribution in [0.2, 0.25) is 10.0 Å². The van der Waals surface area contributed by atoms with Crippen molar-refractivity contribution in [2.45, 2.75) is 71.0 Å². The second-order valence-corrected chi connectivity index (χ2v) is 10.3. The molecule has 1 aliphatic rings. The lowest BCUT2D eigenvalue weighted by Gasteiger charge is -2.31. The van der Waals surface area contributed by atoms with Crippen molar-refractivity contribution in [3.05, 3.63) is 62.0 Å². The van der Waals surface area contributed by atoms with Crippen LogP contribution < -0.4 is 10.1 Å². The van der Waals surface area contributed by atoms with Gasteiger partial charge in [-0.15, -0.1) is 0 Å². The molecule has 2 aromatic carbocycles. The highest BCUT2D eigenvalue weighted by molar-refractivity contribution is 9.10. The van der Waals surface area contributed by atoms with Crippen molar-refractivity contribution in [3.63, 3.8) is 0 Å². The Morgan fingerprint density at radius 3 is 2.44 bits per heavy atom. The number of aryl methyl sites for hydroxylation is 1. The van der Waals surface area contributed by atoms with Gasteiger partial charge in [0.2, 0.25) is 5.91 Å². The van der Waals surface area contributed by atoms with Gasteiger partial charge in [-0.25, -0.2) is 0 Å². The monoisotopic (exact) mass is 568 g/mol. The Kier molecular flexibility index (Phi) is 10.1. The number of nitrogens with zero attached hydrogens (tertiary/aromatic N) is 1. The first-order valence-corrected chi connectivity index (χ1v) is 13.3. The summed E-state index contributed by atoms with van der Waals surface area (Å²) < 4.78 is 6.60. The summed E-state index contributed by atoms with van der Waals surface area (Å²) in [6, 6.07) is 10.4. The van der Waals surface area contributed by atoms with Gasteiger partial charge >= 0.3 is 0 Å². The van der Waals surface area contributed by atoms with Gasteiger partial charge in [-0.3, -0.25) is 9.59 Å². The molecular weight excluding hydrogens is 539 g/mol. The first-order valence-electron chi connectivity index (χ1n) is 11.7. The average molecular weight is 570 g/mol. The number of halogens is 3. The van der Waals surface area contributed by atoms with E-state index in [1.807, 2.05) is 18.2 Å². The Balaban J connectivity index is 1.77. The van der Waals surface area contributed by atoms with Crippen molar-refractivity contribution in [2.24, 2.45) is 0 Å². The van der Waals surface area contributed by atoms with Gasteiger partial charge in [0.25, 0.3) is 5.91 Å². The van der Waals surface area contributed by atoms with Crippen molar-refractivity contribution < 1.29 is 14.3 Å². The average Bonchev–Trinajstić information content (AvgIpc) is 2.83. The largest absolute Gasteiger partial charge is 0.483 e. The number of carbonyl (C=O) groups excluding carboxylic acids is 2. The standard InChI is InChI=1S/C26H31BrCl2N2O3/c1-3-18-12-13-24(21(27)14-18)34-16-25(32)31(15-20-22(28)10-7-11-23(20)29)17(2)26(33)30-19-8-5-4-6-9-19/h7,10-14,17,19H,3-6,8-9,15-16H2,1-2H3,(H,30,33)/t17-/m0/s1. The fraction of sp³-hybridized carbons (Fsp3) is 0.462. The van der Waals surface area contributed by atoms with E-state index in [4.69, 9.17) is 27.9 Å². The van der Waals surface area contributed by atoms with Gasteiger partial charge in [-0.1, -0.05) is 61.5 Å². The summed E-state index contributed by atoms with van der Waals surface area (Å²) in [5.41, 5.74) is 1.76. The van der Waals surface area contributed by atoms with Crippen molar-refractivity contribution in [1.29, 1.82) is 0 Å². The summed E-state index contributed by atoms with van der Waals surface area (Å²) in [5, 5.41) is 4.01. The highest BCUT2D eigenvalue weighted by atomic mass is 79.9. The van der Waals surface area contributed by atoms with Crippen LogP contribution in [0.4, 0.5) is 0 Å². The molecule has 1 N–H and O–H groups in total. The van der Waals surface area contributed by atoms with E-state index in [1.54, 1.807) is 25.1 Å². The van der Waals surface area contributed by atoms with Crippen LogP contribution in [0.15, 0.2) is 40.9 Å². The van der Waals surface area contributed by atoms with Crippen LogP contribution in [0.1, 0.15) is 57.1 Å². The van der Waals surface area contributed by atoms with Crippen LogP contribution in [0.25, 0.3) is 0 Å². The fourth-order valence-corrected chi connectivity index (χ4v) is 5.17. The summed E-state index contributed by atoms with van der Waals surface area (Å²) in [4.78, 5) is 27.9. The molecule has 0 radical (unpaired) electrons. The topological polar surface area (TPSA) is 58.6 Å². The molecule has 3 rings (SSSR count). The third-order valence-corrected chi connectivity index (χ3v) is 7.59. The fourth-order valence-electron chi connectivity index (χ4n) is 4.11. The molecule has 1 saturated carbocycles. The van der Waals surface area contributed by atoms with Crippen LogP contribution >= 0.6 is 39.1 Å². The number of hydrogen-bond donors (Lipinski definition) is 1. The molecule has 1 fully saturated rings. The first kappa shape index (κ1) is 26.8. The predicted octanol–water partition coefficient (Wildman–Crippen LogP) is 6.56. The molecule has 5 nitrogen and oxygen atoms in total. The Morgan fingerprint density at radius 2 is 1.82 bits per heavy atom. The van der Waals surface area contributed by atoms with E-state index in [-0.39, 0.29) is 31.0 Å². The molecule has 0 aromatic heterocycles. The van der Waals surface area contributed by atoms with Crippen molar-refractivity contribution >= 4 is 50.9 Å². The Bertz CT molecular complexity index is 991. The lowest BCUT2D eigenvalue weighted by atomic mass is 9.95. The molecule has 0 bridgehead atoms. The van der Waals surface area contributed by atoms with E-state index >= 15 is 0 Å². The summed E-state index contributed by atoms with van der Waals surface area (Å²) in [5.74, 6) is 0.0613. The quantitative estimate of drug-likeness (QED) is 0.372.